The van der Waals surface area contributed by atoms with Crippen LogP contribution in [0.25, 0.3) is 0 Å². The standard InChI is InChI=1S/C13H24N4O2/c1-6-10-15-11(13(18)19-7-2)12(14)17(10)8-9(3)16(4)5/h9H,6-8,14H2,1-5H3. The van der Waals surface area contributed by atoms with Gasteiger partial charge < -0.3 is 19.9 Å². The van der Waals surface area contributed by atoms with Gasteiger partial charge in [0.1, 0.15) is 11.6 Å². The van der Waals surface area contributed by atoms with Crippen LogP contribution in [0.5, 0.6) is 0 Å². The maximum absolute atomic E-state index is 11.8. The van der Waals surface area contributed by atoms with Crippen molar-refractivity contribution in [2.75, 3.05) is 26.4 Å². The van der Waals surface area contributed by atoms with Gasteiger partial charge in [0, 0.05) is 19.0 Å². The first-order valence-electron chi connectivity index (χ1n) is 6.60. The van der Waals surface area contributed by atoms with Gasteiger partial charge >= 0.3 is 5.97 Å². The van der Waals surface area contributed by atoms with Crippen LogP contribution in [0, 0.1) is 0 Å². The van der Waals surface area contributed by atoms with Gasteiger partial charge in [-0.2, -0.15) is 0 Å². The monoisotopic (exact) mass is 268 g/mol. The van der Waals surface area contributed by atoms with Gasteiger partial charge in [-0.05, 0) is 27.9 Å². The second kappa shape index (κ2) is 6.56. The first-order valence-corrected chi connectivity index (χ1v) is 6.60. The number of nitrogen functional groups attached to an aromatic ring is 1. The molecule has 0 aliphatic carbocycles. The zero-order valence-electron chi connectivity index (χ0n) is 12.4. The lowest BCUT2D eigenvalue weighted by Crippen LogP contribution is -2.30. The van der Waals surface area contributed by atoms with Crippen molar-refractivity contribution in [3.05, 3.63) is 11.5 Å². The number of likely N-dealkylation sites (N-methyl/N-ethyl adjacent to an activating group) is 1. The number of carbonyl (C=O) groups excluding carboxylic acids is 1. The minimum absolute atomic E-state index is 0.227. The van der Waals surface area contributed by atoms with Gasteiger partial charge in [-0.15, -0.1) is 0 Å². The molecule has 0 bridgehead atoms. The van der Waals surface area contributed by atoms with E-state index >= 15 is 0 Å². The van der Waals surface area contributed by atoms with Crippen LogP contribution in [-0.4, -0.2) is 47.2 Å². The Bertz CT molecular complexity index is 440. The van der Waals surface area contributed by atoms with E-state index in [2.05, 4.69) is 16.8 Å². The average molecular weight is 268 g/mol. The van der Waals surface area contributed by atoms with Gasteiger partial charge in [-0.3, -0.25) is 0 Å². The quantitative estimate of drug-likeness (QED) is 0.784. The molecule has 0 radical (unpaired) electrons. The fraction of sp³-hybridized carbons (Fsp3) is 0.692. The van der Waals surface area contributed by atoms with Gasteiger partial charge in [0.25, 0.3) is 0 Å². The highest BCUT2D eigenvalue weighted by Gasteiger charge is 2.21. The lowest BCUT2D eigenvalue weighted by molar-refractivity contribution is 0.0521. The maximum atomic E-state index is 11.8. The molecule has 0 aliphatic heterocycles. The molecule has 0 fully saturated rings. The van der Waals surface area contributed by atoms with E-state index in [1.165, 1.54) is 0 Å². The second-order valence-corrected chi connectivity index (χ2v) is 4.76. The molecule has 0 aliphatic rings. The normalized spacial score (nSPS) is 12.7. The fourth-order valence-electron chi connectivity index (χ4n) is 1.76. The maximum Gasteiger partial charge on any atom is 0.360 e. The summed E-state index contributed by atoms with van der Waals surface area (Å²) in [6.07, 6.45) is 0.726. The lowest BCUT2D eigenvalue weighted by atomic mass is 10.3. The summed E-state index contributed by atoms with van der Waals surface area (Å²) >= 11 is 0. The molecule has 1 aromatic heterocycles. The first-order chi connectivity index (χ1) is 8.92. The van der Waals surface area contributed by atoms with Crippen molar-refractivity contribution in [1.29, 1.82) is 0 Å². The van der Waals surface area contributed by atoms with Crippen LogP contribution in [0.15, 0.2) is 0 Å². The molecule has 1 rings (SSSR count). The summed E-state index contributed by atoms with van der Waals surface area (Å²) in [7, 11) is 4.02. The highest BCUT2D eigenvalue weighted by Crippen LogP contribution is 2.17. The van der Waals surface area contributed by atoms with Crippen molar-refractivity contribution >= 4 is 11.8 Å². The molecule has 1 heterocycles. The molecule has 0 aromatic carbocycles. The molecule has 0 spiro atoms. The molecular weight excluding hydrogens is 244 g/mol. The number of nitrogens with two attached hydrogens (primary N) is 1. The Hall–Kier alpha value is -1.56. The van der Waals surface area contributed by atoms with E-state index in [0.717, 1.165) is 12.2 Å². The van der Waals surface area contributed by atoms with Gasteiger partial charge in [0.2, 0.25) is 0 Å². The van der Waals surface area contributed by atoms with E-state index in [4.69, 9.17) is 10.5 Å². The number of esters is 1. The Morgan fingerprint density at radius 2 is 2.11 bits per heavy atom. The van der Waals surface area contributed by atoms with Gasteiger partial charge in [-0.1, -0.05) is 6.92 Å². The average Bonchev–Trinajstić information content (AvgIpc) is 2.67. The molecular formula is C13H24N4O2. The van der Waals surface area contributed by atoms with E-state index in [1.807, 2.05) is 25.6 Å². The molecule has 0 saturated carbocycles. The first kappa shape index (κ1) is 15.5. The van der Waals surface area contributed by atoms with Crippen LogP contribution in [0.1, 0.15) is 37.1 Å². The summed E-state index contributed by atoms with van der Waals surface area (Å²) in [5.74, 6) is 0.754. The molecule has 1 unspecified atom stereocenters. The van der Waals surface area contributed by atoms with Gasteiger partial charge in [0.15, 0.2) is 5.69 Å². The molecule has 0 saturated heterocycles. The molecule has 108 valence electrons. The number of nitrogens with zero attached hydrogens (tertiary/aromatic N) is 3. The van der Waals surface area contributed by atoms with E-state index in [1.54, 1.807) is 6.92 Å². The number of aryl methyl sites for hydroxylation is 1. The van der Waals surface area contributed by atoms with Crippen molar-refractivity contribution in [2.45, 2.75) is 39.8 Å². The predicted octanol–water partition coefficient (Wildman–Crippen LogP) is 1.15. The van der Waals surface area contributed by atoms with E-state index in [-0.39, 0.29) is 5.69 Å². The predicted molar refractivity (Wildman–Crippen MR) is 75.1 cm³/mol. The Kier molecular flexibility index (Phi) is 5.35. The van der Waals surface area contributed by atoms with Crippen LogP contribution in [0.2, 0.25) is 0 Å². The smallest absolute Gasteiger partial charge is 0.360 e. The van der Waals surface area contributed by atoms with Crippen LogP contribution >= 0.6 is 0 Å². The molecule has 6 heteroatoms. The second-order valence-electron chi connectivity index (χ2n) is 4.76. The zero-order valence-corrected chi connectivity index (χ0v) is 12.4. The summed E-state index contributed by atoms with van der Waals surface area (Å²) in [6, 6.07) is 0.303. The SMILES string of the molecule is CCOC(=O)c1nc(CC)n(CC(C)N(C)C)c1N. The Morgan fingerprint density at radius 1 is 1.47 bits per heavy atom. The summed E-state index contributed by atoms with van der Waals surface area (Å²) in [5.41, 5.74) is 6.27. The third-order valence-corrected chi connectivity index (χ3v) is 3.20. The van der Waals surface area contributed by atoms with Crippen LogP contribution < -0.4 is 5.73 Å². The number of aromatic nitrogens is 2. The minimum Gasteiger partial charge on any atom is -0.461 e. The number of anilines is 1. The molecule has 19 heavy (non-hydrogen) atoms. The minimum atomic E-state index is -0.453. The highest BCUT2D eigenvalue weighted by atomic mass is 16.5. The van der Waals surface area contributed by atoms with Crippen LogP contribution in [0.3, 0.4) is 0 Å². The lowest BCUT2D eigenvalue weighted by Gasteiger charge is -2.21. The van der Waals surface area contributed by atoms with Crippen molar-refractivity contribution in [3.8, 4) is 0 Å². The van der Waals surface area contributed by atoms with Crippen molar-refractivity contribution < 1.29 is 9.53 Å². The number of hydrogen-bond donors (Lipinski definition) is 1. The van der Waals surface area contributed by atoms with E-state index in [9.17, 15) is 4.79 Å². The molecule has 0 amide bonds. The Balaban J connectivity index is 3.06. The topological polar surface area (TPSA) is 73.4 Å². The molecule has 1 aromatic rings. The molecule has 1 atom stereocenters. The van der Waals surface area contributed by atoms with Crippen LogP contribution in [0.4, 0.5) is 5.82 Å². The highest BCUT2D eigenvalue weighted by molar-refractivity contribution is 5.92. The van der Waals surface area contributed by atoms with E-state index < -0.39 is 5.97 Å². The third-order valence-electron chi connectivity index (χ3n) is 3.20. The summed E-state index contributed by atoms with van der Waals surface area (Å²) in [6.45, 7) is 6.88. The largest absolute Gasteiger partial charge is 0.461 e. The Labute approximate surface area is 114 Å². The molecule has 2 N–H and O–H groups in total. The Morgan fingerprint density at radius 3 is 2.58 bits per heavy atom. The molecule has 6 nitrogen and oxygen atoms in total. The number of ether oxygens (including phenoxy) is 1. The number of imidazole rings is 1. The van der Waals surface area contributed by atoms with Crippen molar-refractivity contribution in [1.82, 2.24) is 14.5 Å². The van der Waals surface area contributed by atoms with Crippen molar-refractivity contribution in [2.24, 2.45) is 0 Å². The van der Waals surface area contributed by atoms with Gasteiger partial charge in [-0.25, -0.2) is 9.78 Å². The van der Waals surface area contributed by atoms with Gasteiger partial charge in [0.05, 0.1) is 6.61 Å². The third kappa shape index (κ3) is 3.47. The number of hydrogen-bond acceptors (Lipinski definition) is 5. The number of carbonyl (C=O) groups is 1. The van der Waals surface area contributed by atoms with Crippen LogP contribution in [-0.2, 0) is 17.7 Å². The van der Waals surface area contributed by atoms with E-state index in [0.29, 0.717) is 25.0 Å². The summed E-state index contributed by atoms with van der Waals surface area (Å²) in [4.78, 5) is 18.2. The summed E-state index contributed by atoms with van der Waals surface area (Å²) < 4.78 is 6.87. The zero-order chi connectivity index (χ0) is 14.6. The summed E-state index contributed by atoms with van der Waals surface area (Å²) in [5, 5.41) is 0. The van der Waals surface area contributed by atoms with Crippen molar-refractivity contribution in [3.63, 3.8) is 0 Å². The number of rotatable bonds is 6. The fourth-order valence-corrected chi connectivity index (χ4v) is 1.76.